The normalized spacial score (nSPS) is 16.6. The minimum atomic E-state index is -3.61. The first-order valence-corrected chi connectivity index (χ1v) is 9.65. The van der Waals surface area contributed by atoms with Crippen LogP contribution in [0.5, 0.6) is 0 Å². The Kier molecular flexibility index (Phi) is 6.32. The van der Waals surface area contributed by atoms with Gasteiger partial charge in [0.25, 0.3) is 0 Å². The van der Waals surface area contributed by atoms with Gasteiger partial charge in [-0.05, 0) is 31.0 Å². The second-order valence-corrected chi connectivity index (χ2v) is 8.04. The fourth-order valence-electron chi connectivity index (χ4n) is 1.87. The fourth-order valence-corrected chi connectivity index (χ4v) is 4.06. The van der Waals surface area contributed by atoms with Gasteiger partial charge in [-0.2, -0.15) is 0 Å². The minimum absolute atomic E-state index is 0.175. The van der Waals surface area contributed by atoms with E-state index in [1.165, 1.54) is 6.07 Å². The maximum Gasteiger partial charge on any atom is 0.240 e. The van der Waals surface area contributed by atoms with Crippen LogP contribution in [0.15, 0.2) is 29.2 Å². The van der Waals surface area contributed by atoms with Crippen LogP contribution in [0.3, 0.4) is 0 Å². The lowest BCUT2D eigenvalue weighted by Crippen LogP contribution is -2.36. The summed E-state index contributed by atoms with van der Waals surface area (Å²) in [7, 11) is -4.66. The number of sulfonamides is 1. The van der Waals surface area contributed by atoms with E-state index < -0.39 is 20.8 Å². The average Bonchev–Trinajstić information content (AvgIpc) is 2.36. The highest BCUT2D eigenvalue weighted by Gasteiger charge is 2.19. The SMILES string of the molecule is CCC(N)c1cccc(S(=O)(=O)NC(C)CS(C)=O)c1. The Labute approximate surface area is 123 Å². The summed E-state index contributed by atoms with van der Waals surface area (Å²) in [4.78, 5) is 0.188. The zero-order chi connectivity index (χ0) is 15.3. The Morgan fingerprint density at radius 1 is 1.40 bits per heavy atom. The van der Waals surface area contributed by atoms with Gasteiger partial charge in [0, 0.05) is 34.9 Å². The second kappa shape index (κ2) is 7.31. The van der Waals surface area contributed by atoms with E-state index in [1.807, 2.05) is 13.0 Å². The summed E-state index contributed by atoms with van der Waals surface area (Å²) in [5.74, 6) is 0.285. The molecule has 0 amide bonds. The number of hydrogen-bond donors (Lipinski definition) is 2. The molecule has 3 unspecified atom stereocenters. The minimum Gasteiger partial charge on any atom is -0.324 e. The summed E-state index contributed by atoms with van der Waals surface area (Å²) in [6.07, 6.45) is 2.29. The second-order valence-electron chi connectivity index (χ2n) is 4.85. The topological polar surface area (TPSA) is 89.3 Å². The van der Waals surface area contributed by atoms with E-state index in [2.05, 4.69) is 4.72 Å². The predicted molar refractivity (Wildman–Crippen MR) is 82.4 cm³/mol. The van der Waals surface area contributed by atoms with Crippen molar-refractivity contribution in [2.75, 3.05) is 12.0 Å². The quantitative estimate of drug-likeness (QED) is 0.789. The summed E-state index contributed by atoms with van der Waals surface area (Å²) in [5.41, 5.74) is 6.71. The summed E-state index contributed by atoms with van der Waals surface area (Å²) >= 11 is 0. The lowest BCUT2D eigenvalue weighted by Gasteiger charge is -2.15. The lowest BCUT2D eigenvalue weighted by atomic mass is 10.1. The highest BCUT2D eigenvalue weighted by atomic mass is 32.2. The molecule has 20 heavy (non-hydrogen) atoms. The molecule has 0 aromatic heterocycles. The van der Waals surface area contributed by atoms with Crippen LogP contribution in [0.4, 0.5) is 0 Å². The Bertz CT molecular complexity index is 573. The third-order valence-electron chi connectivity index (χ3n) is 2.88. The smallest absolute Gasteiger partial charge is 0.240 e. The Balaban J connectivity index is 2.95. The summed E-state index contributed by atoms with van der Waals surface area (Å²) in [6, 6.07) is 6.07. The third-order valence-corrected chi connectivity index (χ3v) is 5.43. The summed E-state index contributed by atoms with van der Waals surface area (Å²) in [5, 5.41) is 0. The molecule has 1 aromatic rings. The first kappa shape index (κ1) is 17.3. The lowest BCUT2D eigenvalue weighted by molar-refractivity contribution is 0.569. The van der Waals surface area contributed by atoms with Gasteiger partial charge in [0.2, 0.25) is 10.0 Å². The molecule has 0 aliphatic heterocycles. The van der Waals surface area contributed by atoms with Crippen molar-refractivity contribution in [3.63, 3.8) is 0 Å². The van der Waals surface area contributed by atoms with Crippen molar-refractivity contribution >= 4 is 20.8 Å². The molecule has 5 nitrogen and oxygen atoms in total. The van der Waals surface area contributed by atoms with Crippen LogP contribution in [0.1, 0.15) is 31.9 Å². The average molecular weight is 318 g/mol. The third kappa shape index (κ3) is 4.97. The molecule has 0 heterocycles. The molecular weight excluding hydrogens is 296 g/mol. The van der Waals surface area contributed by atoms with E-state index in [0.717, 1.165) is 12.0 Å². The number of rotatable bonds is 7. The van der Waals surface area contributed by atoms with E-state index in [1.54, 1.807) is 25.3 Å². The Morgan fingerprint density at radius 3 is 2.60 bits per heavy atom. The number of nitrogens with one attached hydrogen (secondary N) is 1. The van der Waals surface area contributed by atoms with Crippen LogP contribution in [0, 0.1) is 0 Å². The van der Waals surface area contributed by atoms with Crippen LogP contribution in [0.2, 0.25) is 0 Å². The Morgan fingerprint density at radius 2 is 2.05 bits per heavy atom. The van der Waals surface area contributed by atoms with Crippen LogP contribution < -0.4 is 10.5 Å². The highest BCUT2D eigenvalue weighted by molar-refractivity contribution is 7.89. The molecular formula is C13H22N2O3S2. The molecule has 0 saturated carbocycles. The van der Waals surface area contributed by atoms with Gasteiger partial charge in [0.1, 0.15) is 0 Å². The summed E-state index contributed by atoms with van der Waals surface area (Å²) < 4.78 is 38.1. The molecule has 1 aromatic carbocycles. The van der Waals surface area contributed by atoms with Crippen LogP contribution in [-0.2, 0) is 20.8 Å². The van der Waals surface area contributed by atoms with Crippen molar-refractivity contribution in [2.45, 2.75) is 37.2 Å². The van der Waals surface area contributed by atoms with Crippen molar-refractivity contribution in [1.29, 1.82) is 0 Å². The Hall–Kier alpha value is -0.760. The van der Waals surface area contributed by atoms with Crippen LogP contribution in [-0.4, -0.2) is 30.7 Å². The largest absolute Gasteiger partial charge is 0.324 e. The molecule has 0 spiro atoms. The van der Waals surface area contributed by atoms with Crippen molar-refractivity contribution < 1.29 is 12.6 Å². The predicted octanol–water partition coefficient (Wildman–Crippen LogP) is 1.14. The van der Waals surface area contributed by atoms with Gasteiger partial charge in [-0.15, -0.1) is 0 Å². The van der Waals surface area contributed by atoms with E-state index in [0.29, 0.717) is 0 Å². The number of benzene rings is 1. The van der Waals surface area contributed by atoms with E-state index in [4.69, 9.17) is 5.73 Å². The number of nitrogens with two attached hydrogens (primary N) is 1. The summed E-state index contributed by atoms with van der Waals surface area (Å²) in [6.45, 7) is 3.64. The van der Waals surface area contributed by atoms with Gasteiger partial charge in [-0.3, -0.25) is 4.21 Å². The van der Waals surface area contributed by atoms with Crippen molar-refractivity contribution in [1.82, 2.24) is 4.72 Å². The zero-order valence-electron chi connectivity index (χ0n) is 12.0. The van der Waals surface area contributed by atoms with Crippen LogP contribution >= 0.6 is 0 Å². The van der Waals surface area contributed by atoms with E-state index >= 15 is 0 Å². The first-order valence-electron chi connectivity index (χ1n) is 6.44. The molecule has 0 aliphatic rings. The number of hydrogen-bond acceptors (Lipinski definition) is 4. The standard InChI is InChI=1S/C13H22N2O3S2/c1-4-13(14)11-6-5-7-12(8-11)20(17,18)15-10(2)9-19(3)16/h5-8,10,13,15H,4,9,14H2,1-3H3. The van der Waals surface area contributed by atoms with Crippen molar-refractivity contribution in [3.05, 3.63) is 29.8 Å². The molecule has 0 saturated heterocycles. The van der Waals surface area contributed by atoms with Crippen molar-refractivity contribution in [2.24, 2.45) is 5.73 Å². The maximum absolute atomic E-state index is 12.2. The molecule has 0 radical (unpaired) electrons. The highest BCUT2D eigenvalue weighted by Crippen LogP contribution is 2.18. The van der Waals surface area contributed by atoms with E-state index in [-0.39, 0.29) is 22.7 Å². The van der Waals surface area contributed by atoms with Gasteiger partial charge in [-0.25, -0.2) is 13.1 Å². The van der Waals surface area contributed by atoms with Gasteiger partial charge >= 0.3 is 0 Å². The van der Waals surface area contributed by atoms with Gasteiger partial charge < -0.3 is 5.73 Å². The van der Waals surface area contributed by atoms with Gasteiger partial charge in [-0.1, -0.05) is 19.1 Å². The van der Waals surface area contributed by atoms with Gasteiger partial charge in [0.05, 0.1) is 4.90 Å². The fraction of sp³-hybridized carbons (Fsp3) is 0.538. The molecule has 3 atom stereocenters. The monoisotopic (exact) mass is 318 g/mol. The zero-order valence-corrected chi connectivity index (χ0v) is 13.6. The molecule has 7 heteroatoms. The molecule has 114 valence electrons. The van der Waals surface area contributed by atoms with Gasteiger partial charge in [0.15, 0.2) is 0 Å². The molecule has 3 N–H and O–H groups in total. The van der Waals surface area contributed by atoms with Crippen molar-refractivity contribution in [3.8, 4) is 0 Å². The first-order chi connectivity index (χ1) is 9.26. The van der Waals surface area contributed by atoms with E-state index in [9.17, 15) is 12.6 Å². The molecule has 0 fully saturated rings. The molecule has 0 aliphatic carbocycles. The maximum atomic E-state index is 12.2. The molecule has 0 bridgehead atoms. The van der Waals surface area contributed by atoms with Crippen LogP contribution in [0.25, 0.3) is 0 Å². The molecule has 1 rings (SSSR count).